The number of methoxy groups -OCH3 is 1. The van der Waals surface area contributed by atoms with Gasteiger partial charge in [0.15, 0.2) is 0 Å². The molecule has 4 aromatic rings. The van der Waals surface area contributed by atoms with Gasteiger partial charge in [-0.25, -0.2) is 19.9 Å². The Hall–Kier alpha value is -3.84. The van der Waals surface area contributed by atoms with E-state index in [1.807, 2.05) is 62.4 Å². The van der Waals surface area contributed by atoms with E-state index in [0.29, 0.717) is 47.5 Å². The number of carbonyl (C=O) groups is 2. The number of hydrogen-bond donors (Lipinski definition) is 0. The van der Waals surface area contributed by atoms with E-state index >= 15 is 0 Å². The topological polar surface area (TPSA) is 153 Å². The first-order valence-electron chi connectivity index (χ1n) is 12.5. The number of carbonyl (C=O) groups excluding carboxylic acids is 2. The number of benzene rings is 2. The molecule has 0 saturated carbocycles. The Morgan fingerprint density at radius 3 is 2.02 bits per heavy atom. The number of halogens is 2. The van der Waals surface area contributed by atoms with Crippen molar-refractivity contribution in [1.82, 2.24) is 19.9 Å². The van der Waals surface area contributed by atoms with Crippen molar-refractivity contribution in [3.05, 3.63) is 119 Å². The quantitative estimate of drug-likeness (QED) is 0.0763. The molecular weight excluding hydrogens is 634 g/mol. The van der Waals surface area contributed by atoms with Gasteiger partial charge in [0.25, 0.3) is 12.9 Å². The number of para-hydroxylation sites is 1. The molecule has 0 bridgehead atoms. The fourth-order valence-corrected chi connectivity index (χ4v) is 3.54. The monoisotopic (exact) mass is 663 g/mol. The third-order valence-corrected chi connectivity index (χ3v) is 5.52. The van der Waals surface area contributed by atoms with Crippen LogP contribution in [0.2, 0.25) is 10.3 Å². The van der Waals surface area contributed by atoms with E-state index < -0.39 is 0 Å². The first-order valence-corrected chi connectivity index (χ1v) is 13.3. The predicted molar refractivity (Wildman–Crippen MR) is 165 cm³/mol. The average Bonchev–Trinajstić information content (AvgIpc) is 3.01. The summed E-state index contributed by atoms with van der Waals surface area (Å²) in [6.07, 6.45) is 6.15. The van der Waals surface area contributed by atoms with Gasteiger partial charge >= 0.3 is 29.6 Å². The van der Waals surface area contributed by atoms with E-state index in [2.05, 4.69) is 30.7 Å². The van der Waals surface area contributed by atoms with Crippen LogP contribution < -0.4 is 34.3 Å². The standard InChI is InChI=1S/C15H13ClN2O4.C11H11O2.C5H5ClN2.Na.H2O/c1-20-7-11(8-21-10-19)12-4-2-3-5-13(12)22-15-6-14(16)17-9-18-15;1-2-10(8-13-9-12)11-6-4-3-5-7-11;1-4-2-5(6)8-3-7-4;;/h2-7,9-10H,8H2,1H3;2-6,9H,8H2,1H3;2-3H,1H3;;1H2/q;-1;;+1;/p-1/b11-7-;10-2-;;;. The Balaban J connectivity index is 0.000000714. The summed E-state index contributed by atoms with van der Waals surface area (Å²) in [5, 5.41) is 0.775. The molecule has 14 heteroatoms. The summed E-state index contributed by atoms with van der Waals surface area (Å²) in [7, 11) is 1.51. The second-order valence-electron chi connectivity index (χ2n) is 8.04. The third kappa shape index (κ3) is 16.2. The molecule has 0 aliphatic carbocycles. The van der Waals surface area contributed by atoms with Crippen LogP contribution in [0.5, 0.6) is 11.6 Å². The van der Waals surface area contributed by atoms with Crippen LogP contribution in [0.25, 0.3) is 11.1 Å². The van der Waals surface area contributed by atoms with Crippen molar-refractivity contribution < 1.29 is 63.6 Å². The number of rotatable bonds is 11. The molecule has 2 aromatic heterocycles. The van der Waals surface area contributed by atoms with Crippen LogP contribution in [0.3, 0.4) is 0 Å². The second-order valence-corrected chi connectivity index (χ2v) is 8.82. The Labute approximate surface area is 293 Å². The van der Waals surface area contributed by atoms with Crippen molar-refractivity contribution in [1.29, 1.82) is 0 Å². The fraction of sp³-hybridized carbons (Fsp3) is 0.161. The van der Waals surface area contributed by atoms with Crippen molar-refractivity contribution in [2.45, 2.75) is 13.8 Å². The van der Waals surface area contributed by atoms with Gasteiger partial charge in [0.2, 0.25) is 5.88 Å². The summed E-state index contributed by atoms with van der Waals surface area (Å²) in [6, 6.07) is 21.1. The molecule has 0 unspecified atom stereocenters. The second kappa shape index (κ2) is 24.5. The van der Waals surface area contributed by atoms with Gasteiger partial charge in [0.1, 0.15) is 35.3 Å². The minimum absolute atomic E-state index is 0. The Kier molecular flexibility index (Phi) is 22.4. The van der Waals surface area contributed by atoms with E-state index in [9.17, 15) is 9.59 Å². The number of aryl methyl sites for hydroxylation is 1. The maximum Gasteiger partial charge on any atom is 1.00 e. The molecule has 4 rings (SSSR count). The smallest absolute Gasteiger partial charge is 0.870 e. The summed E-state index contributed by atoms with van der Waals surface area (Å²) >= 11 is 11.3. The van der Waals surface area contributed by atoms with Crippen LogP contribution in [0.4, 0.5) is 0 Å². The van der Waals surface area contributed by atoms with Crippen molar-refractivity contribution in [2.75, 3.05) is 20.3 Å². The maximum absolute atomic E-state index is 10.4. The summed E-state index contributed by atoms with van der Waals surface area (Å²) < 4.78 is 20.2. The minimum atomic E-state index is 0. The first kappa shape index (κ1) is 41.2. The molecule has 0 aliphatic rings. The molecule has 11 nitrogen and oxygen atoms in total. The first-order chi connectivity index (χ1) is 20.9. The summed E-state index contributed by atoms with van der Waals surface area (Å²) in [5.41, 5.74) is 4.18. The van der Waals surface area contributed by atoms with Gasteiger partial charge in [0.05, 0.1) is 20.0 Å². The molecule has 2 heterocycles. The molecule has 1 N–H and O–H groups in total. The molecule has 0 spiro atoms. The van der Waals surface area contributed by atoms with E-state index in [1.165, 1.54) is 32.1 Å². The van der Waals surface area contributed by atoms with E-state index in [1.54, 1.807) is 12.1 Å². The predicted octanol–water partition coefficient (Wildman–Crippen LogP) is 3.41. The SMILES string of the molecule is C/C=C(/COC=O)c1[c-]cccc1.CO/C=C(/COC=O)c1ccccc1Oc1cc(Cl)ncn1.Cc1cc(Cl)ncn1.[Na+].[OH-]. The molecule has 0 atom stereocenters. The van der Waals surface area contributed by atoms with Crippen molar-refractivity contribution in [3.8, 4) is 11.6 Å². The van der Waals surface area contributed by atoms with Gasteiger partial charge in [-0.1, -0.05) is 53.9 Å². The molecular formula is C31H30Cl2N4NaO7-. The molecule has 0 fully saturated rings. The van der Waals surface area contributed by atoms with Gasteiger partial charge in [-0.2, -0.15) is 0 Å². The van der Waals surface area contributed by atoms with E-state index in [0.717, 1.165) is 16.8 Å². The Morgan fingerprint density at radius 1 is 0.867 bits per heavy atom. The zero-order valence-corrected chi connectivity index (χ0v) is 28.6. The number of hydrogen-bond acceptors (Lipinski definition) is 11. The molecule has 2 aromatic carbocycles. The molecule has 45 heavy (non-hydrogen) atoms. The zero-order valence-electron chi connectivity index (χ0n) is 25.1. The number of nitrogens with zero attached hydrogens (tertiary/aromatic N) is 4. The number of ether oxygens (including phenoxy) is 4. The number of allylic oxidation sites excluding steroid dienone is 1. The molecule has 0 saturated heterocycles. The molecule has 0 radical (unpaired) electrons. The van der Waals surface area contributed by atoms with Crippen LogP contribution in [0.1, 0.15) is 23.7 Å². The van der Waals surface area contributed by atoms with Crippen LogP contribution in [-0.2, 0) is 23.8 Å². The minimum Gasteiger partial charge on any atom is -0.870 e. The third-order valence-electron chi connectivity index (χ3n) is 5.10. The summed E-state index contributed by atoms with van der Waals surface area (Å²) in [5.74, 6) is 0.829. The molecule has 0 amide bonds. The van der Waals surface area contributed by atoms with Crippen molar-refractivity contribution in [2.24, 2.45) is 0 Å². The van der Waals surface area contributed by atoms with Crippen LogP contribution in [0.15, 0.2) is 85.7 Å². The van der Waals surface area contributed by atoms with E-state index in [-0.39, 0.29) is 46.8 Å². The van der Waals surface area contributed by atoms with Crippen LogP contribution >= 0.6 is 23.2 Å². The van der Waals surface area contributed by atoms with Crippen LogP contribution in [-0.4, -0.2) is 58.7 Å². The number of aromatic nitrogens is 4. The summed E-state index contributed by atoms with van der Waals surface area (Å²) in [4.78, 5) is 35.7. The maximum atomic E-state index is 10.4. The van der Waals surface area contributed by atoms with Crippen molar-refractivity contribution >= 4 is 47.3 Å². The van der Waals surface area contributed by atoms with E-state index in [4.69, 9.17) is 37.4 Å². The van der Waals surface area contributed by atoms with Crippen molar-refractivity contribution in [3.63, 3.8) is 0 Å². The molecule has 232 valence electrons. The van der Waals surface area contributed by atoms with Gasteiger partial charge in [-0.3, -0.25) is 9.59 Å². The molecule has 0 aliphatic heterocycles. The van der Waals surface area contributed by atoms with Crippen LogP contribution in [0, 0.1) is 13.0 Å². The Morgan fingerprint density at radius 2 is 1.49 bits per heavy atom. The normalized spacial score (nSPS) is 10.2. The van der Waals surface area contributed by atoms with Gasteiger partial charge in [-0.15, -0.1) is 42.0 Å². The zero-order chi connectivity index (χ0) is 31.3. The van der Waals surface area contributed by atoms with Gasteiger partial charge < -0.3 is 24.4 Å². The average molecular weight is 664 g/mol. The fourth-order valence-electron chi connectivity index (χ4n) is 3.20. The van der Waals surface area contributed by atoms with Gasteiger partial charge in [0, 0.05) is 22.9 Å². The largest absolute Gasteiger partial charge is 1.00 e. The van der Waals surface area contributed by atoms with Gasteiger partial charge in [-0.05, 0) is 19.1 Å². The summed E-state index contributed by atoms with van der Waals surface area (Å²) in [6.45, 7) is 4.96. The Bertz CT molecular complexity index is 1480.